The number of benzene rings is 2. The van der Waals surface area contributed by atoms with Gasteiger partial charge in [0.1, 0.15) is 4.90 Å². The van der Waals surface area contributed by atoms with Crippen molar-refractivity contribution in [1.29, 1.82) is 0 Å². The van der Waals surface area contributed by atoms with Crippen LogP contribution >= 0.6 is 23.2 Å². The standard InChI is InChI=1S/C35H52Cl2N2O6S/c1-7-9-11-13-15-17-19-39(20-18-16-14-12-10-8-2)46(42,43)31-24-28(36)30(23-29(31)37)45-35(41)38-33(34(40)44-6)32-26(4)21-25(3)22-27(32)5/h21-24,33H,7-20H2,1-6H3,(H,38,41). The molecule has 1 N–H and O–H groups in total. The molecule has 2 aromatic rings. The first-order valence-electron chi connectivity index (χ1n) is 16.5. The Morgan fingerprint density at radius 3 is 1.78 bits per heavy atom. The highest BCUT2D eigenvalue weighted by atomic mass is 35.5. The lowest BCUT2D eigenvalue weighted by molar-refractivity contribution is -0.143. The number of aryl methyl sites for hydroxylation is 3. The zero-order valence-electron chi connectivity index (χ0n) is 28.3. The van der Waals surface area contributed by atoms with E-state index in [0.717, 1.165) is 80.9 Å². The van der Waals surface area contributed by atoms with Crippen LogP contribution < -0.4 is 10.1 Å². The summed E-state index contributed by atoms with van der Waals surface area (Å²) < 4.78 is 39.7. The first kappa shape index (κ1) is 39.8. The van der Waals surface area contributed by atoms with E-state index in [1.807, 2.05) is 32.9 Å². The third-order valence-corrected chi connectivity index (χ3v) is 10.7. The van der Waals surface area contributed by atoms with Crippen LogP contribution in [0.15, 0.2) is 29.2 Å². The van der Waals surface area contributed by atoms with Gasteiger partial charge in [-0.05, 0) is 56.4 Å². The fourth-order valence-corrected chi connectivity index (χ4v) is 7.98. The van der Waals surface area contributed by atoms with Crippen molar-refractivity contribution in [2.24, 2.45) is 0 Å². The fraction of sp³-hybridized carbons (Fsp3) is 0.600. The molecule has 0 saturated heterocycles. The van der Waals surface area contributed by atoms with Crippen LogP contribution in [0.25, 0.3) is 0 Å². The number of nitrogens with one attached hydrogen (secondary N) is 1. The van der Waals surface area contributed by atoms with E-state index in [4.69, 9.17) is 32.7 Å². The van der Waals surface area contributed by atoms with Crippen molar-refractivity contribution >= 4 is 45.3 Å². The fourth-order valence-electron chi connectivity index (χ4n) is 5.67. The highest BCUT2D eigenvalue weighted by Gasteiger charge is 2.30. The van der Waals surface area contributed by atoms with Crippen LogP contribution in [0.4, 0.5) is 4.79 Å². The van der Waals surface area contributed by atoms with E-state index in [2.05, 4.69) is 19.2 Å². The van der Waals surface area contributed by atoms with Crippen molar-refractivity contribution in [3.05, 3.63) is 56.6 Å². The second-order valence-corrected chi connectivity index (χ2v) is 14.7. The molecule has 0 heterocycles. The number of ether oxygens (including phenoxy) is 2. The summed E-state index contributed by atoms with van der Waals surface area (Å²) in [4.78, 5) is 25.6. The number of sulfonamides is 1. The highest BCUT2D eigenvalue weighted by molar-refractivity contribution is 7.89. The van der Waals surface area contributed by atoms with E-state index < -0.39 is 28.1 Å². The van der Waals surface area contributed by atoms with Crippen LogP contribution in [-0.4, -0.2) is 45.0 Å². The normalized spacial score (nSPS) is 12.3. The lowest BCUT2D eigenvalue weighted by Crippen LogP contribution is -2.37. The second-order valence-electron chi connectivity index (χ2n) is 12.0. The Balaban J connectivity index is 2.25. The molecule has 0 fully saturated rings. The Morgan fingerprint density at radius 2 is 1.28 bits per heavy atom. The highest BCUT2D eigenvalue weighted by Crippen LogP contribution is 2.36. The number of hydrogen-bond acceptors (Lipinski definition) is 6. The minimum Gasteiger partial charge on any atom is -0.467 e. The smallest absolute Gasteiger partial charge is 0.413 e. The average Bonchev–Trinajstić information content (AvgIpc) is 2.99. The summed E-state index contributed by atoms with van der Waals surface area (Å²) in [5.41, 5.74) is 3.21. The lowest BCUT2D eigenvalue weighted by Gasteiger charge is -2.24. The van der Waals surface area contributed by atoms with Gasteiger partial charge in [-0.3, -0.25) is 0 Å². The molecule has 0 radical (unpaired) electrons. The minimum atomic E-state index is -3.98. The molecule has 0 saturated carbocycles. The van der Waals surface area contributed by atoms with Crippen molar-refractivity contribution in [2.45, 2.75) is 123 Å². The Morgan fingerprint density at radius 1 is 0.783 bits per heavy atom. The van der Waals surface area contributed by atoms with Crippen molar-refractivity contribution in [1.82, 2.24) is 9.62 Å². The summed E-state index contributed by atoms with van der Waals surface area (Å²) in [6.07, 6.45) is 11.5. The van der Waals surface area contributed by atoms with E-state index >= 15 is 0 Å². The SMILES string of the molecule is CCCCCCCCN(CCCCCCCC)S(=O)(=O)c1cc(Cl)c(OC(=O)NC(C(=O)OC)c2c(C)cc(C)cc2C)cc1Cl. The number of esters is 1. The number of unbranched alkanes of at least 4 members (excludes halogenated alkanes) is 10. The summed E-state index contributed by atoms with van der Waals surface area (Å²) in [5.74, 6) is -0.809. The maximum absolute atomic E-state index is 13.9. The molecule has 0 aliphatic carbocycles. The molecule has 2 aromatic carbocycles. The van der Waals surface area contributed by atoms with Crippen LogP contribution in [0.2, 0.25) is 10.0 Å². The predicted octanol–water partition coefficient (Wildman–Crippen LogP) is 9.63. The molecule has 2 rings (SSSR count). The van der Waals surface area contributed by atoms with Gasteiger partial charge in [0.25, 0.3) is 0 Å². The van der Waals surface area contributed by atoms with Crippen LogP contribution in [0.3, 0.4) is 0 Å². The van der Waals surface area contributed by atoms with Gasteiger partial charge < -0.3 is 14.8 Å². The molecule has 0 spiro atoms. The zero-order valence-corrected chi connectivity index (χ0v) is 30.7. The summed E-state index contributed by atoms with van der Waals surface area (Å²) in [5, 5.41) is 2.35. The largest absolute Gasteiger partial charge is 0.467 e. The van der Waals surface area contributed by atoms with E-state index in [0.29, 0.717) is 18.7 Å². The third-order valence-electron chi connectivity index (χ3n) is 8.05. The number of carbonyl (C=O) groups excluding carboxylic acids is 2. The summed E-state index contributed by atoms with van der Waals surface area (Å²) >= 11 is 13.0. The van der Waals surface area contributed by atoms with Gasteiger partial charge in [0.05, 0.1) is 17.2 Å². The monoisotopic (exact) mass is 698 g/mol. The molecule has 258 valence electrons. The topological polar surface area (TPSA) is 102 Å². The van der Waals surface area contributed by atoms with Crippen molar-refractivity contribution in [3.8, 4) is 5.75 Å². The van der Waals surface area contributed by atoms with Gasteiger partial charge in [-0.15, -0.1) is 0 Å². The Labute approximate surface area is 286 Å². The molecule has 46 heavy (non-hydrogen) atoms. The zero-order chi connectivity index (χ0) is 34.3. The lowest BCUT2D eigenvalue weighted by atomic mass is 9.94. The Bertz CT molecular complexity index is 1360. The van der Waals surface area contributed by atoms with Gasteiger partial charge in [-0.1, -0.05) is 119 Å². The molecular formula is C35H52Cl2N2O6S. The average molecular weight is 700 g/mol. The van der Waals surface area contributed by atoms with Gasteiger partial charge in [0, 0.05) is 19.2 Å². The minimum absolute atomic E-state index is 0.102. The quantitative estimate of drug-likeness (QED) is 0.109. The van der Waals surface area contributed by atoms with Crippen molar-refractivity contribution in [2.75, 3.05) is 20.2 Å². The van der Waals surface area contributed by atoms with Crippen molar-refractivity contribution in [3.63, 3.8) is 0 Å². The molecule has 0 aliphatic heterocycles. The maximum Gasteiger partial charge on any atom is 0.413 e. The number of carbonyl (C=O) groups is 2. The number of methoxy groups -OCH3 is 1. The van der Waals surface area contributed by atoms with Gasteiger partial charge in [-0.2, -0.15) is 4.31 Å². The molecule has 0 bridgehead atoms. The number of hydrogen-bond donors (Lipinski definition) is 1. The van der Waals surface area contributed by atoms with Crippen molar-refractivity contribution < 1.29 is 27.5 Å². The third kappa shape index (κ3) is 12.0. The van der Waals surface area contributed by atoms with Crippen LogP contribution in [0.5, 0.6) is 5.75 Å². The van der Waals surface area contributed by atoms with Gasteiger partial charge in [-0.25, -0.2) is 18.0 Å². The number of halogens is 2. The molecular weight excluding hydrogens is 647 g/mol. The maximum atomic E-state index is 13.9. The van der Waals surface area contributed by atoms with E-state index in [9.17, 15) is 18.0 Å². The summed E-state index contributed by atoms with van der Waals surface area (Å²) in [6, 6.07) is 5.12. The molecule has 8 nitrogen and oxygen atoms in total. The first-order valence-corrected chi connectivity index (χ1v) is 18.7. The van der Waals surface area contributed by atoms with E-state index in [-0.39, 0.29) is 20.7 Å². The Kier molecular flexibility index (Phi) is 17.4. The molecule has 1 amide bonds. The van der Waals surface area contributed by atoms with Crippen LogP contribution in [0.1, 0.15) is 119 Å². The molecule has 0 aromatic heterocycles. The van der Waals surface area contributed by atoms with E-state index in [1.54, 1.807) is 0 Å². The van der Waals surface area contributed by atoms with E-state index in [1.165, 1.54) is 36.4 Å². The summed E-state index contributed by atoms with van der Waals surface area (Å²) in [7, 11) is -2.74. The number of nitrogens with zero attached hydrogens (tertiary/aromatic N) is 1. The molecule has 1 atom stereocenters. The van der Waals surface area contributed by atoms with Crippen LogP contribution in [0, 0.1) is 20.8 Å². The molecule has 1 unspecified atom stereocenters. The van der Waals surface area contributed by atoms with Crippen LogP contribution in [-0.2, 0) is 19.6 Å². The van der Waals surface area contributed by atoms with Gasteiger partial charge in [0.2, 0.25) is 10.0 Å². The number of rotatable bonds is 20. The molecule has 0 aliphatic rings. The van der Waals surface area contributed by atoms with Gasteiger partial charge in [0.15, 0.2) is 11.8 Å². The number of amides is 1. The van der Waals surface area contributed by atoms with Gasteiger partial charge >= 0.3 is 12.1 Å². The summed E-state index contributed by atoms with van der Waals surface area (Å²) in [6.45, 7) is 10.7. The first-order chi connectivity index (χ1) is 21.9. The second kappa shape index (κ2) is 20.1. The molecule has 11 heteroatoms. The Hall–Kier alpha value is -2.33. The predicted molar refractivity (Wildman–Crippen MR) is 187 cm³/mol.